The van der Waals surface area contributed by atoms with Crippen LogP contribution in [0.3, 0.4) is 0 Å². The number of amides is 2. The summed E-state index contributed by atoms with van der Waals surface area (Å²) in [7, 11) is 0. The molecule has 0 saturated carbocycles. The third-order valence-electron chi connectivity index (χ3n) is 4.10. The molecular weight excluding hydrogens is 240 g/mol. The number of carbonyl (C=O) groups excluding carboxylic acids is 2. The van der Waals surface area contributed by atoms with E-state index in [0.717, 1.165) is 16.7 Å². The van der Waals surface area contributed by atoms with Gasteiger partial charge in [0.1, 0.15) is 0 Å². The maximum atomic E-state index is 12.0. The standard InChI is InChI=1S/C15H20N2O2/c1-4-17-13(18)8-12(15(16)19)14(17)11-7-5-6-9(2)10(11)3/h5-7,12,14H,4,8H2,1-3H3,(H2,16,19)/t12-,14-/m0/s1. The molecule has 19 heavy (non-hydrogen) atoms. The highest BCUT2D eigenvalue weighted by atomic mass is 16.2. The van der Waals surface area contributed by atoms with E-state index in [1.165, 1.54) is 0 Å². The van der Waals surface area contributed by atoms with Gasteiger partial charge in [0.05, 0.1) is 12.0 Å². The Morgan fingerprint density at radius 2 is 2.11 bits per heavy atom. The predicted octanol–water partition coefficient (Wildman–Crippen LogP) is 1.70. The Hall–Kier alpha value is -1.84. The fraction of sp³-hybridized carbons (Fsp3) is 0.467. The Kier molecular flexibility index (Phi) is 3.60. The summed E-state index contributed by atoms with van der Waals surface area (Å²) in [6.45, 7) is 6.59. The van der Waals surface area contributed by atoms with Crippen LogP contribution in [-0.4, -0.2) is 23.3 Å². The average molecular weight is 260 g/mol. The normalized spacial score (nSPS) is 22.9. The Labute approximate surface area is 113 Å². The van der Waals surface area contributed by atoms with E-state index in [1.807, 2.05) is 39.0 Å². The van der Waals surface area contributed by atoms with E-state index in [4.69, 9.17) is 5.73 Å². The summed E-state index contributed by atoms with van der Waals surface area (Å²) in [5.74, 6) is -0.805. The minimum absolute atomic E-state index is 0.0113. The maximum absolute atomic E-state index is 12.0. The molecule has 1 aliphatic heterocycles. The SMILES string of the molecule is CCN1C(=O)C[C@H](C(N)=O)[C@@H]1c1cccc(C)c1C. The van der Waals surface area contributed by atoms with E-state index >= 15 is 0 Å². The molecule has 2 N–H and O–H groups in total. The van der Waals surface area contributed by atoms with Crippen LogP contribution >= 0.6 is 0 Å². The van der Waals surface area contributed by atoms with Crippen molar-refractivity contribution >= 4 is 11.8 Å². The van der Waals surface area contributed by atoms with Gasteiger partial charge in [-0.3, -0.25) is 9.59 Å². The van der Waals surface area contributed by atoms with Crippen molar-refractivity contribution in [1.29, 1.82) is 0 Å². The number of carbonyl (C=O) groups is 2. The first kappa shape index (κ1) is 13.6. The van der Waals surface area contributed by atoms with Crippen molar-refractivity contribution in [2.45, 2.75) is 33.2 Å². The quantitative estimate of drug-likeness (QED) is 0.899. The van der Waals surface area contributed by atoms with Gasteiger partial charge in [0.25, 0.3) is 0 Å². The zero-order valence-corrected chi connectivity index (χ0v) is 11.6. The van der Waals surface area contributed by atoms with Crippen LogP contribution in [0.25, 0.3) is 0 Å². The maximum Gasteiger partial charge on any atom is 0.223 e. The third-order valence-corrected chi connectivity index (χ3v) is 4.10. The van der Waals surface area contributed by atoms with E-state index < -0.39 is 11.8 Å². The second kappa shape index (κ2) is 5.03. The molecule has 1 saturated heterocycles. The molecule has 1 aromatic carbocycles. The van der Waals surface area contributed by atoms with Crippen LogP contribution in [0.5, 0.6) is 0 Å². The van der Waals surface area contributed by atoms with E-state index in [2.05, 4.69) is 0 Å². The van der Waals surface area contributed by atoms with Gasteiger partial charge in [0, 0.05) is 13.0 Å². The number of primary amides is 1. The molecule has 1 heterocycles. The number of likely N-dealkylation sites (tertiary alicyclic amines) is 1. The molecule has 1 aromatic rings. The van der Waals surface area contributed by atoms with Crippen LogP contribution in [0.15, 0.2) is 18.2 Å². The lowest BCUT2D eigenvalue weighted by molar-refractivity contribution is -0.129. The Morgan fingerprint density at radius 1 is 1.42 bits per heavy atom. The lowest BCUT2D eigenvalue weighted by Gasteiger charge is -2.28. The van der Waals surface area contributed by atoms with Crippen LogP contribution in [0.1, 0.15) is 36.1 Å². The molecule has 0 bridgehead atoms. The summed E-state index contributed by atoms with van der Waals surface area (Å²) < 4.78 is 0. The molecule has 4 nitrogen and oxygen atoms in total. The lowest BCUT2D eigenvalue weighted by Crippen LogP contribution is -2.33. The van der Waals surface area contributed by atoms with Gasteiger partial charge in [0.2, 0.25) is 11.8 Å². The molecule has 2 rings (SSSR count). The Bertz CT molecular complexity index is 525. The van der Waals surface area contributed by atoms with Gasteiger partial charge in [-0.15, -0.1) is 0 Å². The van der Waals surface area contributed by atoms with E-state index in [9.17, 15) is 9.59 Å². The Morgan fingerprint density at radius 3 is 2.68 bits per heavy atom. The molecule has 1 aliphatic rings. The third kappa shape index (κ3) is 2.23. The number of hydrogen-bond acceptors (Lipinski definition) is 2. The van der Waals surface area contributed by atoms with Crippen molar-refractivity contribution in [2.75, 3.05) is 6.54 Å². The topological polar surface area (TPSA) is 63.4 Å². The Balaban J connectivity index is 2.51. The molecule has 2 atom stereocenters. The van der Waals surface area contributed by atoms with Gasteiger partial charge >= 0.3 is 0 Å². The number of hydrogen-bond donors (Lipinski definition) is 1. The van der Waals surface area contributed by atoms with Gasteiger partial charge in [-0.05, 0) is 37.5 Å². The van der Waals surface area contributed by atoms with Crippen LogP contribution in [0, 0.1) is 19.8 Å². The van der Waals surface area contributed by atoms with Gasteiger partial charge in [-0.25, -0.2) is 0 Å². The summed E-state index contributed by atoms with van der Waals surface area (Å²) >= 11 is 0. The fourth-order valence-electron chi connectivity index (χ4n) is 2.90. The van der Waals surface area contributed by atoms with Crippen LogP contribution in [0.2, 0.25) is 0 Å². The molecule has 1 fully saturated rings. The van der Waals surface area contributed by atoms with E-state index in [1.54, 1.807) is 4.90 Å². The highest BCUT2D eigenvalue weighted by Gasteiger charge is 2.43. The molecular formula is C15H20N2O2. The fourth-order valence-corrected chi connectivity index (χ4v) is 2.90. The number of nitrogens with zero attached hydrogens (tertiary/aromatic N) is 1. The minimum atomic E-state index is -0.423. The molecule has 0 aromatic heterocycles. The summed E-state index contributed by atoms with van der Waals surface area (Å²) in [4.78, 5) is 25.4. The summed E-state index contributed by atoms with van der Waals surface area (Å²) in [5.41, 5.74) is 8.81. The highest BCUT2D eigenvalue weighted by molar-refractivity contribution is 5.89. The molecule has 0 aliphatic carbocycles. The second-order valence-corrected chi connectivity index (χ2v) is 5.13. The minimum Gasteiger partial charge on any atom is -0.369 e. The highest BCUT2D eigenvalue weighted by Crippen LogP contribution is 2.39. The van der Waals surface area contributed by atoms with Crippen molar-refractivity contribution in [3.63, 3.8) is 0 Å². The van der Waals surface area contributed by atoms with Crippen molar-refractivity contribution in [1.82, 2.24) is 4.90 Å². The zero-order valence-electron chi connectivity index (χ0n) is 11.6. The number of nitrogens with two attached hydrogens (primary N) is 1. The van der Waals surface area contributed by atoms with Crippen molar-refractivity contribution < 1.29 is 9.59 Å². The van der Waals surface area contributed by atoms with Crippen LogP contribution in [0.4, 0.5) is 0 Å². The number of aryl methyl sites for hydroxylation is 1. The monoisotopic (exact) mass is 260 g/mol. The van der Waals surface area contributed by atoms with Gasteiger partial charge in [-0.1, -0.05) is 18.2 Å². The molecule has 0 radical (unpaired) electrons. The smallest absolute Gasteiger partial charge is 0.223 e. The largest absolute Gasteiger partial charge is 0.369 e. The molecule has 2 amide bonds. The summed E-state index contributed by atoms with van der Waals surface area (Å²) in [5, 5.41) is 0. The first-order valence-corrected chi connectivity index (χ1v) is 6.62. The zero-order chi connectivity index (χ0) is 14.2. The van der Waals surface area contributed by atoms with Crippen LogP contribution in [-0.2, 0) is 9.59 Å². The average Bonchev–Trinajstić information content (AvgIpc) is 2.69. The molecule has 102 valence electrons. The summed E-state index contributed by atoms with van der Waals surface area (Å²) in [6.07, 6.45) is 0.223. The van der Waals surface area contributed by atoms with Gasteiger partial charge in [-0.2, -0.15) is 0 Å². The van der Waals surface area contributed by atoms with Crippen molar-refractivity contribution in [3.05, 3.63) is 34.9 Å². The first-order chi connectivity index (χ1) is 8.97. The van der Waals surface area contributed by atoms with E-state index in [-0.39, 0.29) is 18.4 Å². The van der Waals surface area contributed by atoms with Gasteiger partial charge in [0.15, 0.2) is 0 Å². The lowest BCUT2D eigenvalue weighted by atomic mass is 9.89. The number of rotatable bonds is 3. The summed E-state index contributed by atoms with van der Waals surface area (Å²) in [6, 6.07) is 5.77. The number of benzene rings is 1. The van der Waals surface area contributed by atoms with Gasteiger partial charge < -0.3 is 10.6 Å². The second-order valence-electron chi connectivity index (χ2n) is 5.13. The van der Waals surface area contributed by atoms with Crippen LogP contribution < -0.4 is 5.73 Å². The molecule has 0 unspecified atom stereocenters. The molecule has 4 heteroatoms. The van der Waals surface area contributed by atoms with Crippen molar-refractivity contribution in [3.8, 4) is 0 Å². The predicted molar refractivity (Wildman–Crippen MR) is 73.3 cm³/mol. The first-order valence-electron chi connectivity index (χ1n) is 6.62. The van der Waals surface area contributed by atoms with E-state index in [0.29, 0.717) is 6.54 Å². The van der Waals surface area contributed by atoms with Crippen molar-refractivity contribution in [2.24, 2.45) is 11.7 Å². The molecule has 0 spiro atoms.